The number of benzene rings is 2. The molecule has 1 atom stereocenters. The number of methoxy groups -OCH3 is 1. The lowest BCUT2D eigenvalue weighted by atomic mass is 9.98. The number of rotatable bonds is 8. The van der Waals surface area contributed by atoms with E-state index in [-0.39, 0.29) is 37.3 Å². The van der Waals surface area contributed by atoms with E-state index in [9.17, 15) is 14.7 Å². The number of carbonyl (C=O) groups excluding carboxylic acids is 1. The van der Waals surface area contributed by atoms with Gasteiger partial charge in [-0.25, -0.2) is 9.59 Å². The van der Waals surface area contributed by atoms with Crippen LogP contribution in [0.4, 0.5) is 4.79 Å². The molecule has 0 saturated heterocycles. The van der Waals surface area contributed by atoms with Gasteiger partial charge in [0.1, 0.15) is 19.3 Å². The van der Waals surface area contributed by atoms with Gasteiger partial charge in [-0.05, 0) is 22.3 Å². The van der Waals surface area contributed by atoms with Gasteiger partial charge < -0.3 is 24.4 Å². The molecule has 2 N–H and O–H groups in total. The largest absolute Gasteiger partial charge is 0.480 e. The number of hydrogen-bond acceptors (Lipinski definition) is 7. The summed E-state index contributed by atoms with van der Waals surface area (Å²) in [5, 5.41) is 15.5. The van der Waals surface area contributed by atoms with E-state index in [1.165, 1.54) is 7.11 Å². The van der Waals surface area contributed by atoms with Gasteiger partial charge in [0.25, 0.3) is 5.89 Å². The summed E-state index contributed by atoms with van der Waals surface area (Å²) in [6.07, 6.45) is -0.970. The van der Waals surface area contributed by atoms with E-state index in [0.717, 1.165) is 22.3 Å². The third kappa shape index (κ3) is 4.41. The van der Waals surface area contributed by atoms with E-state index >= 15 is 0 Å². The van der Waals surface area contributed by atoms with Crippen molar-refractivity contribution in [3.05, 3.63) is 71.4 Å². The highest BCUT2D eigenvalue weighted by Gasteiger charge is 2.30. The molecule has 2 aromatic carbocycles. The Hall–Kier alpha value is -3.72. The summed E-state index contributed by atoms with van der Waals surface area (Å²) in [4.78, 5) is 28.0. The van der Waals surface area contributed by atoms with Gasteiger partial charge in [0.15, 0.2) is 5.82 Å². The first-order valence-corrected chi connectivity index (χ1v) is 9.71. The maximum atomic E-state index is 12.4. The molecule has 160 valence electrons. The SMILES string of the molecule is COCc1nc(C[C@H](NC(=O)OCC2c3ccccc3-c3ccccc32)C(=O)O)no1. The summed E-state index contributed by atoms with van der Waals surface area (Å²) in [7, 11) is 1.47. The minimum atomic E-state index is -1.26. The van der Waals surface area contributed by atoms with Crippen LogP contribution in [0.15, 0.2) is 53.1 Å². The van der Waals surface area contributed by atoms with E-state index in [4.69, 9.17) is 14.0 Å². The monoisotopic (exact) mass is 423 g/mol. The number of aromatic nitrogens is 2. The molecule has 31 heavy (non-hydrogen) atoms. The molecule has 0 bridgehead atoms. The standard InChI is InChI=1S/C22H21N3O6/c1-29-12-20-24-19(25-31-20)10-18(21(26)27)23-22(28)30-11-17-15-8-4-2-6-13(15)14-7-3-5-9-16(14)17/h2-9,17-18H,10-12H2,1H3,(H,23,28)(H,26,27)/t18-/m0/s1. The van der Waals surface area contributed by atoms with Gasteiger partial charge in [-0.1, -0.05) is 53.7 Å². The summed E-state index contributed by atoms with van der Waals surface area (Å²) in [5.41, 5.74) is 4.37. The van der Waals surface area contributed by atoms with Crippen LogP contribution < -0.4 is 5.32 Å². The van der Waals surface area contributed by atoms with E-state index < -0.39 is 18.1 Å². The Kier molecular flexibility index (Phi) is 5.94. The molecular formula is C22H21N3O6. The molecule has 9 nitrogen and oxygen atoms in total. The van der Waals surface area contributed by atoms with E-state index in [2.05, 4.69) is 15.5 Å². The molecular weight excluding hydrogens is 402 g/mol. The minimum Gasteiger partial charge on any atom is -0.480 e. The number of hydrogen-bond donors (Lipinski definition) is 2. The molecule has 0 unspecified atom stereocenters. The topological polar surface area (TPSA) is 124 Å². The molecule has 1 aromatic heterocycles. The fourth-order valence-corrected chi connectivity index (χ4v) is 3.72. The van der Waals surface area contributed by atoms with Crippen molar-refractivity contribution in [1.29, 1.82) is 0 Å². The number of fused-ring (bicyclic) bond motifs is 3. The van der Waals surface area contributed by atoms with Crippen molar-refractivity contribution in [2.24, 2.45) is 0 Å². The first kappa shape index (κ1) is 20.5. The Bertz CT molecular complexity index is 1050. The van der Waals surface area contributed by atoms with E-state index in [1.807, 2.05) is 48.5 Å². The number of alkyl carbamates (subject to hydrolysis) is 1. The first-order valence-electron chi connectivity index (χ1n) is 9.71. The van der Waals surface area contributed by atoms with Gasteiger partial charge in [-0.2, -0.15) is 4.98 Å². The van der Waals surface area contributed by atoms with Gasteiger partial charge in [-0.3, -0.25) is 0 Å². The number of nitrogens with zero attached hydrogens (tertiary/aromatic N) is 2. The van der Waals surface area contributed by atoms with Crippen LogP contribution in [-0.2, 0) is 27.3 Å². The smallest absolute Gasteiger partial charge is 0.407 e. The second kappa shape index (κ2) is 8.97. The Balaban J connectivity index is 1.40. The quantitative estimate of drug-likeness (QED) is 0.567. The maximum absolute atomic E-state index is 12.4. The van der Waals surface area contributed by atoms with Crippen LogP contribution in [0.1, 0.15) is 28.8 Å². The van der Waals surface area contributed by atoms with Crippen LogP contribution >= 0.6 is 0 Å². The zero-order chi connectivity index (χ0) is 21.8. The van der Waals surface area contributed by atoms with Crippen LogP contribution in [0.3, 0.4) is 0 Å². The van der Waals surface area contributed by atoms with Crippen molar-refractivity contribution in [2.45, 2.75) is 25.0 Å². The molecule has 1 amide bonds. The van der Waals surface area contributed by atoms with Crippen LogP contribution in [0.2, 0.25) is 0 Å². The predicted octanol–water partition coefficient (Wildman–Crippen LogP) is 2.75. The number of aliphatic carboxylic acids is 1. The second-order valence-corrected chi connectivity index (χ2v) is 7.10. The Morgan fingerprint density at radius 3 is 2.39 bits per heavy atom. The van der Waals surface area contributed by atoms with Crippen LogP contribution in [0.25, 0.3) is 11.1 Å². The summed E-state index contributed by atoms with van der Waals surface area (Å²) in [5.74, 6) is -0.969. The second-order valence-electron chi connectivity index (χ2n) is 7.10. The summed E-state index contributed by atoms with van der Waals surface area (Å²) in [6.45, 7) is 0.205. The molecule has 0 saturated carbocycles. The number of carboxylic acid groups (broad SMARTS) is 1. The first-order chi connectivity index (χ1) is 15.1. The highest BCUT2D eigenvalue weighted by molar-refractivity contribution is 5.81. The van der Waals surface area contributed by atoms with Crippen molar-refractivity contribution in [1.82, 2.24) is 15.5 Å². The fraction of sp³-hybridized carbons (Fsp3) is 0.273. The zero-order valence-corrected chi connectivity index (χ0v) is 16.8. The molecule has 1 aliphatic carbocycles. The molecule has 1 aliphatic rings. The normalized spacial score (nSPS) is 13.3. The van der Waals surface area contributed by atoms with Gasteiger partial charge in [0.2, 0.25) is 0 Å². The number of ether oxygens (including phenoxy) is 2. The minimum absolute atomic E-state index is 0.0897. The van der Waals surface area contributed by atoms with Crippen molar-refractivity contribution in [3.8, 4) is 11.1 Å². The lowest BCUT2D eigenvalue weighted by Crippen LogP contribution is -2.43. The number of amides is 1. The molecule has 9 heteroatoms. The Morgan fingerprint density at radius 1 is 1.13 bits per heavy atom. The molecule has 0 spiro atoms. The fourth-order valence-electron chi connectivity index (χ4n) is 3.72. The average Bonchev–Trinajstić information content (AvgIpc) is 3.34. The molecule has 1 heterocycles. The number of nitrogens with one attached hydrogen (secondary N) is 1. The lowest BCUT2D eigenvalue weighted by Gasteiger charge is -2.16. The van der Waals surface area contributed by atoms with Crippen molar-refractivity contribution in [3.63, 3.8) is 0 Å². The average molecular weight is 423 g/mol. The van der Waals surface area contributed by atoms with Gasteiger partial charge in [0, 0.05) is 19.4 Å². The van der Waals surface area contributed by atoms with Gasteiger partial charge in [-0.15, -0.1) is 0 Å². The predicted molar refractivity (Wildman–Crippen MR) is 108 cm³/mol. The zero-order valence-electron chi connectivity index (χ0n) is 16.8. The van der Waals surface area contributed by atoms with Crippen molar-refractivity contribution < 1.29 is 28.7 Å². The van der Waals surface area contributed by atoms with Crippen LogP contribution in [-0.4, -0.2) is 47.1 Å². The van der Waals surface area contributed by atoms with Crippen molar-refractivity contribution in [2.75, 3.05) is 13.7 Å². The molecule has 0 radical (unpaired) electrons. The van der Waals surface area contributed by atoms with Gasteiger partial charge >= 0.3 is 12.1 Å². The summed E-state index contributed by atoms with van der Waals surface area (Å²) in [6, 6.07) is 14.7. The molecule has 3 aromatic rings. The Morgan fingerprint density at radius 2 is 1.77 bits per heavy atom. The molecule has 0 fully saturated rings. The summed E-state index contributed by atoms with van der Waals surface area (Å²) < 4.78 is 15.2. The molecule has 0 aliphatic heterocycles. The number of carbonyl (C=O) groups is 2. The van der Waals surface area contributed by atoms with Crippen LogP contribution in [0, 0.1) is 0 Å². The van der Waals surface area contributed by atoms with E-state index in [1.54, 1.807) is 0 Å². The number of carboxylic acids is 1. The highest BCUT2D eigenvalue weighted by Crippen LogP contribution is 2.44. The summed E-state index contributed by atoms with van der Waals surface area (Å²) >= 11 is 0. The van der Waals surface area contributed by atoms with Crippen molar-refractivity contribution >= 4 is 12.1 Å². The maximum Gasteiger partial charge on any atom is 0.407 e. The van der Waals surface area contributed by atoms with Crippen LogP contribution in [0.5, 0.6) is 0 Å². The highest BCUT2D eigenvalue weighted by atomic mass is 16.5. The lowest BCUT2D eigenvalue weighted by molar-refractivity contribution is -0.139. The third-order valence-electron chi connectivity index (χ3n) is 5.10. The third-order valence-corrected chi connectivity index (χ3v) is 5.10. The van der Waals surface area contributed by atoms with E-state index in [0.29, 0.717) is 0 Å². The molecule has 4 rings (SSSR count). The van der Waals surface area contributed by atoms with Gasteiger partial charge in [0.05, 0.1) is 0 Å². The Labute approximate surface area is 178 Å².